The van der Waals surface area contributed by atoms with Crippen molar-refractivity contribution in [3.8, 4) is 0 Å². The van der Waals surface area contributed by atoms with Crippen molar-refractivity contribution in [2.45, 2.75) is 32.2 Å². The predicted molar refractivity (Wildman–Crippen MR) is 84.6 cm³/mol. The lowest BCUT2D eigenvalue weighted by molar-refractivity contribution is 0.189. The van der Waals surface area contributed by atoms with E-state index in [4.69, 9.17) is 0 Å². The van der Waals surface area contributed by atoms with Crippen molar-refractivity contribution < 1.29 is 0 Å². The van der Waals surface area contributed by atoms with Gasteiger partial charge in [-0.1, -0.05) is 6.42 Å². The summed E-state index contributed by atoms with van der Waals surface area (Å²) in [5.74, 6) is 1.79. The van der Waals surface area contributed by atoms with Crippen LogP contribution in [0.2, 0.25) is 0 Å². The minimum absolute atomic E-state index is 0.603. The highest BCUT2D eigenvalue weighted by atomic mass is 15.3. The molecule has 0 aromatic carbocycles. The molecule has 0 aliphatic carbocycles. The van der Waals surface area contributed by atoms with Crippen molar-refractivity contribution in [2.24, 2.45) is 7.05 Å². The molecule has 0 saturated carbocycles. The summed E-state index contributed by atoms with van der Waals surface area (Å²) >= 11 is 0. The Morgan fingerprint density at radius 1 is 1.29 bits per heavy atom. The number of hydrogen-bond donors (Lipinski definition) is 0. The second-order valence-corrected chi connectivity index (χ2v) is 6.11. The summed E-state index contributed by atoms with van der Waals surface area (Å²) in [5, 5.41) is 5.35. The van der Waals surface area contributed by atoms with E-state index in [9.17, 15) is 0 Å². The van der Waals surface area contributed by atoms with Gasteiger partial charge < -0.3 is 9.80 Å². The van der Waals surface area contributed by atoms with Crippen LogP contribution in [0.15, 0.2) is 6.20 Å². The summed E-state index contributed by atoms with van der Waals surface area (Å²) in [6.07, 6.45) is 5.77. The molecule has 0 radical (unpaired) electrons. The predicted octanol–water partition coefficient (Wildman–Crippen LogP) is 1.59. The Hall–Kier alpha value is -1.69. The zero-order valence-electron chi connectivity index (χ0n) is 13.4. The van der Waals surface area contributed by atoms with Crippen molar-refractivity contribution in [1.29, 1.82) is 0 Å². The molecule has 2 aromatic heterocycles. The van der Waals surface area contributed by atoms with Gasteiger partial charge in [0.15, 0.2) is 5.65 Å². The van der Waals surface area contributed by atoms with Crippen LogP contribution in [0.5, 0.6) is 0 Å². The Bertz CT molecular complexity index is 634. The standard InChI is InChI=1S/C15H24N6/c1-11-17-14(13-9-16-21(4)15(13)18-11)20(3)10-12-7-5-6-8-19(12)2/h9,12H,5-8,10H2,1-4H3/t12-/m1/s1. The van der Waals surface area contributed by atoms with Gasteiger partial charge in [0.25, 0.3) is 0 Å². The van der Waals surface area contributed by atoms with Gasteiger partial charge in [-0.15, -0.1) is 0 Å². The number of aryl methyl sites for hydroxylation is 2. The number of piperidine rings is 1. The molecule has 3 heterocycles. The van der Waals surface area contributed by atoms with Crippen LogP contribution >= 0.6 is 0 Å². The van der Waals surface area contributed by atoms with Crippen LogP contribution in [0.4, 0.5) is 5.82 Å². The molecule has 2 aromatic rings. The van der Waals surface area contributed by atoms with Crippen molar-refractivity contribution in [3.05, 3.63) is 12.0 Å². The molecule has 1 fully saturated rings. The lowest BCUT2D eigenvalue weighted by Gasteiger charge is -2.35. The van der Waals surface area contributed by atoms with Gasteiger partial charge in [-0.3, -0.25) is 4.68 Å². The van der Waals surface area contributed by atoms with E-state index in [0.29, 0.717) is 6.04 Å². The zero-order chi connectivity index (χ0) is 15.0. The zero-order valence-corrected chi connectivity index (χ0v) is 13.4. The van der Waals surface area contributed by atoms with Crippen molar-refractivity contribution in [2.75, 3.05) is 32.1 Å². The topological polar surface area (TPSA) is 50.1 Å². The van der Waals surface area contributed by atoms with Crippen LogP contribution in [0.25, 0.3) is 11.0 Å². The van der Waals surface area contributed by atoms with E-state index in [2.05, 4.69) is 39.0 Å². The maximum Gasteiger partial charge on any atom is 0.163 e. The highest BCUT2D eigenvalue weighted by Crippen LogP contribution is 2.24. The summed E-state index contributed by atoms with van der Waals surface area (Å²) < 4.78 is 1.81. The number of likely N-dealkylation sites (tertiary alicyclic amines) is 1. The normalized spacial score (nSPS) is 20.1. The Kier molecular flexibility index (Phi) is 3.80. The van der Waals surface area contributed by atoms with Crippen LogP contribution in [0.3, 0.4) is 0 Å². The van der Waals surface area contributed by atoms with E-state index in [0.717, 1.165) is 29.2 Å². The first-order chi connectivity index (χ1) is 10.1. The third kappa shape index (κ3) is 2.72. The quantitative estimate of drug-likeness (QED) is 0.858. The highest BCUT2D eigenvalue weighted by molar-refractivity contribution is 5.86. The van der Waals surface area contributed by atoms with Crippen LogP contribution in [0.1, 0.15) is 25.1 Å². The first kappa shape index (κ1) is 14.3. The molecule has 114 valence electrons. The monoisotopic (exact) mass is 288 g/mol. The Morgan fingerprint density at radius 3 is 2.86 bits per heavy atom. The first-order valence-electron chi connectivity index (χ1n) is 7.64. The van der Waals surface area contributed by atoms with Gasteiger partial charge in [0.1, 0.15) is 11.6 Å². The molecule has 21 heavy (non-hydrogen) atoms. The first-order valence-corrected chi connectivity index (χ1v) is 7.64. The van der Waals surface area contributed by atoms with Gasteiger partial charge in [-0.2, -0.15) is 5.10 Å². The maximum atomic E-state index is 4.65. The molecule has 1 aliphatic rings. The van der Waals surface area contributed by atoms with Crippen molar-refractivity contribution in [3.63, 3.8) is 0 Å². The number of aromatic nitrogens is 4. The van der Waals surface area contributed by atoms with Crippen molar-refractivity contribution in [1.82, 2.24) is 24.6 Å². The number of nitrogens with zero attached hydrogens (tertiary/aromatic N) is 6. The SMILES string of the molecule is Cc1nc(N(C)C[C@H]2CCCCN2C)c2cnn(C)c2n1. The fraction of sp³-hybridized carbons (Fsp3) is 0.667. The van der Waals surface area contributed by atoms with E-state index < -0.39 is 0 Å². The van der Waals surface area contributed by atoms with Gasteiger partial charge in [0.2, 0.25) is 0 Å². The minimum atomic E-state index is 0.603. The van der Waals surface area contributed by atoms with Crippen LogP contribution in [-0.2, 0) is 7.05 Å². The molecular weight excluding hydrogens is 264 g/mol. The summed E-state index contributed by atoms with van der Waals surface area (Å²) in [6, 6.07) is 0.603. The summed E-state index contributed by atoms with van der Waals surface area (Å²) in [6.45, 7) is 4.14. The van der Waals surface area contributed by atoms with E-state index in [-0.39, 0.29) is 0 Å². The average Bonchev–Trinajstić information content (AvgIpc) is 2.82. The number of anilines is 1. The molecule has 1 aliphatic heterocycles. The number of rotatable bonds is 3. The molecule has 1 atom stereocenters. The van der Waals surface area contributed by atoms with E-state index >= 15 is 0 Å². The van der Waals surface area contributed by atoms with Gasteiger partial charge in [-0.05, 0) is 33.4 Å². The van der Waals surface area contributed by atoms with Crippen LogP contribution in [0, 0.1) is 6.92 Å². The molecule has 0 spiro atoms. The van der Waals surface area contributed by atoms with Crippen molar-refractivity contribution >= 4 is 16.9 Å². The lowest BCUT2D eigenvalue weighted by Crippen LogP contribution is -2.44. The third-order valence-corrected chi connectivity index (χ3v) is 4.45. The van der Waals surface area contributed by atoms with Crippen LogP contribution < -0.4 is 4.90 Å². The van der Waals surface area contributed by atoms with Gasteiger partial charge in [0.05, 0.1) is 11.6 Å². The molecular formula is C15H24N6. The van der Waals surface area contributed by atoms with Gasteiger partial charge in [0, 0.05) is 26.7 Å². The second kappa shape index (κ2) is 5.60. The van der Waals surface area contributed by atoms with E-state index in [1.54, 1.807) is 0 Å². The fourth-order valence-electron chi connectivity index (χ4n) is 3.18. The van der Waals surface area contributed by atoms with E-state index in [1.807, 2.05) is 24.9 Å². The summed E-state index contributed by atoms with van der Waals surface area (Å²) in [5.41, 5.74) is 0.904. The van der Waals surface area contributed by atoms with E-state index in [1.165, 1.54) is 25.8 Å². The molecule has 0 amide bonds. The largest absolute Gasteiger partial charge is 0.357 e. The van der Waals surface area contributed by atoms with Crippen LogP contribution in [-0.4, -0.2) is 57.9 Å². The van der Waals surface area contributed by atoms with Gasteiger partial charge in [-0.25, -0.2) is 9.97 Å². The third-order valence-electron chi connectivity index (χ3n) is 4.45. The number of hydrogen-bond acceptors (Lipinski definition) is 5. The lowest BCUT2D eigenvalue weighted by atomic mass is 10.0. The molecule has 0 bridgehead atoms. The molecule has 0 unspecified atom stereocenters. The molecule has 1 saturated heterocycles. The highest BCUT2D eigenvalue weighted by Gasteiger charge is 2.22. The molecule has 3 rings (SSSR count). The Labute approximate surface area is 125 Å². The number of fused-ring (bicyclic) bond motifs is 1. The maximum absolute atomic E-state index is 4.65. The summed E-state index contributed by atoms with van der Waals surface area (Å²) in [7, 11) is 6.27. The average molecular weight is 288 g/mol. The molecule has 6 heteroatoms. The molecule has 6 nitrogen and oxygen atoms in total. The molecule has 0 N–H and O–H groups in total. The second-order valence-electron chi connectivity index (χ2n) is 6.11. The summed E-state index contributed by atoms with van der Waals surface area (Å²) in [4.78, 5) is 13.9. The Balaban J connectivity index is 1.88. The number of likely N-dealkylation sites (N-methyl/N-ethyl adjacent to an activating group) is 2. The fourth-order valence-corrected chi connectivity index (χ4v) is 3.18. The minimum Gasteiger partial charge on any atom is -0.357 e. The smallest absolute Gasteiger partial charge is 0.163 e. The Morgan fingerprint density at radius 2 is 2.10 bits per heavy atom. The van der Waals surface area contributed by atoms with Gasteiger partial charge >= 0.3 is 0 Å².